The van der Waals surface area contributed by atoms with Crippen LogP contribution < -0.4 is 16.1 Å². The molecule has 3 aromatic rings. The van der Waals surface area contributed by atoms with Gasteiger partial charge in [-0.1, -0.05) is 11.2 Å². The highest BCUT2D eigenvalue weighted by molar-refractivity contribution is 5.66. The van der Waals surface area contributed by atoms with Gasteiger partial charge in [0.25, 0.3) is 5.56 Å². The number of rotatable bonds is 7. The van der Waals surface area contributed by atoms with Crippen LogP contribution in [0.4, 0.5) is 13.2 Å². The van der Waals surface area contributed by atoms with E-state index in [1.165, 1.54) is 16.7 Å². The minimum atomic E-state index is -4.49. The van der Waals surface area contributed by atoms with Gasteiger partial charge in [-0.2, -0.15) is 13.2 Å². The molecule has 1 aliphatic carbocycles. The Bertz CT molecular complexity index is 1390. The molecule has 7 nitrogen and oxygen atoms in total. The maximum absolute atomic E-state index is 13.4. The first-order valence-corrected chi connectivity index (χ1v) is 10.8. The van der Waals surface area contributed by atoms with Crippen molar-refractivity contribution in [2.45, 2.75) is 51.1 Å². The molecule has 0 fully saturated rings. The summed E-state index contributed by atoms with van der Waals surface area (Å²) in [6, 6.07) is 6.15. The van der Waals surface area contributed by atoms with Gasteiger partial charge in [0.15, 0.2) is 0 Å². The third-order valence-electron chi connectivity index (χ3n) is 5.67. The first-order valence-electron chi connectivity index (χ1n) is 10.8. The average molecular weight is 473 g/mol. The molecule has 4 rings (SSSR count). The summed E-state index contributed by atoms with van der Waals surface area (Å²) in [5.41, 5.74) is -0.215. The zero-order valence-corrected chi connectivity index (χ0v) is 18.3. The summed E-state index contributed by atoms with van der Waals surface area (Å²) in [7, 11) is 0. The summed E-state index contributed by atoms with van der Waals surface area (Å²) in [5, 5.41) is 13.8. The fourth-order valence-corrected chi connectivity index (χ4v) is 3.98. The van der Waals surface area contributed by atoms with Crippen LogP contribution >= 0.6 is 0 Å². The molecule has 0 saturated heterocycles. The number of fused-ring (bicyclic) bond motifs is 1. The Morgan fingerprint density at radius 1 is 1.24 bits per heavy atom. The molecule has 1 aliphatic rings. The predicted molar refractivity (Wildman–Crippen MR) is 117 cm³/mol. The number of alkyl halides is 3. The fourth-order valence-electron chi connectivity index (χ4n) is 3.98. The molecule has 0 bridgehead atoms. The van der Waals surface area contributed by atoms with Crippen LogP contribution in [0.2, 0.25) is 0 Å². The smallest absolute Gasteiger partial charge is 0.416 e. The number of halogens is 3. The van der Waals surface area contributed by atoms with Crippen LogP contribution in [0.15, 0.2) is 39.6 Å². The molecule has 178 valence electrons. The van der Waals surface area contributed by atoms with E-state index in [1.807, 2.05) is 12.1 Å². The molecule has 0 radical (unpaired) electrons. The van der Waals surface area contributed by atoms with Gasteiger partial charge in [0.05, 0.1) is 27.5 Å². The molecule has 2 aromatic heterocycles. The largest absolute Gasteiger partial charge is 0.481 e. The first kappa shape index (κ1) is 23.5. The zero-order chi connectivity index (χ0) is 24.5. The van der Waals surface area contributed by atoms with E-state index in [9.17, 15) is 22.8 Å². The standard InChI is InChI=1S/C24H22F3N3O4/c1-14-12-19(29-34-14)15-6-11-18-20(13-15)28-21(4-2-3-5-22(31)32)30(23(18)33)17-9-7-16(8-10-17)24(25,26)27/h7-13,15H,2-6H2,1H3,(H,31,32). The number of carboxylic acids is 1. The van der Waals surface area contributed by atoms with Crippen molar-refractivity contribution in [3.05, 3.63) is 74.1 Å². The second-order valence-corrected chi connectivity index (χ2v) is 8.19. The van der Waals surface area contributed by atoms with Crippen LogP contribution in [0.5, 0.6) is 0 Å². The molecule has 0 amide bonds. The zero-order valence-electron chi connectivity index (χ0n) is 18.3. The van der Waals surface area contributed by atoms with Gasteiger partial charge in [-0.15, -0.1) is 0 Å². The van der Waals surface area contributed by atoms with E-state index in [-0.39, 0.29) is 23.6 Å². The van der Waals surface area contributed by atoms with Gasteiger partial charge >= 0.3 is 12.1 Å². The summed E-state index contributed by atoms with van der Waals surface area (Å²) in [6.45, 7) is 1.78. The van der Waals surface area contributed by atoms with Crippen LogP contribution in [0.25, 0.3) is 17.8 Å². The van der Waals surface area contributed by atoms with Crippen molar-refractivity contribution in [1.82, 2.24) is 14.7 Å². The van der Waals surface area contributed by atoms with Crippen LogP contribution in [0.3, 0.4) is 0 Å². The van der Waals surface area contributed by atoms with Gasteiger partial charge < -0.3 is 9.63 Å². The van der Waals surface area contributed by atoms with Crippen LogP contribution in [0, 0.1) is 6.92 Å². The maximum Gasteiger partial charge on any atom is 0.416 e. The topological polar surface area (TPSA) is 98.2 Å². The number of unbranched alkanes of at least 4 members (excludes halogenated alkanes) is 1. The molecule has 0 spiro atoms. The number of nitrogens with zero attached hydrogens (tertiary/aromatic N) is 3. The van der Waals surface area contributed by atoms with Gasteiger partial charge in [-0.25, -0.2) is 4.98 Å². The van der Waals surface area contributed by atoms with Crippen molar-refractivity contribution >= 4 is 18.1 Å². The third-order valence-corrected chi connectivity index (χ3v) is 5.67. The summed E-state index contributed by atoms with van der Waals surface area (Å²) in [5.74, 6) is -0.0274. The lowest BCUT2D eigenvalue weighted by Gasteiger charge is -2.16. The number of benzene rings is 1. The van der Waals surface area contributed by atoms with Gasteiger partial charge in [0.2, 0.25) is 0 Å². The Morgan fingerprint density at radius 3 is 2.59 bits per heavy atom. The molecule has 0 saturated carbocycles. The number of aromatic nitrogens is 3. The van der Waals surface area contributed by atoms with Crippen LogP contribution in [0.1, 0.15) is 54.4 Å². The normalized spacial score (nSPS) is 15.4. The van der Waals surface area contributed by atoms with E-state index < -0.39 is 17.7 Å². The first-order chi connectivity index (χ1) is 16.1. The number of aryl methyl sites for hydroxylation is 2. The highest BCUT2D eigenvalue weighted by Gasteiger charge is 2.30. The van der Waals surface area contributed by atoms with E-state index in [4.69, 9.17) is 9.63 Å². The quantitative estimate of drug-likeness (QED) is 0.530. The molecule has 2 heterocycles. The number of aliphatic carboxylic acids is 1. The SMILES string of the molecule is Cc1cc(C2C=c3nc(CCCCC(=O)O)n(-c4ccc(C(F)(F)F)cc4)c(=O)c3=CC2)no1. The number of hydrogen-bond donors (Lipinski definition) is 1. The van der Waals surface area contributed by atoms with E-state index in [2.05, 4.69) is 10.1 Å². The van der Waals surface area contributed by atoms with Gasteiger partial charge in [0, 0.05) is 24.8 Å². The Balaban J connectivity index is 1.79. The molecule has 34 heavy (non-hydrogen) atoms. The van der Waals surface area contributed by atoms with Crippen LogP contribution in [-0.2, 0) is 17.4 Å². The van der Waals surface area contributed by atoms with Crippen molar-refractivity contribution in [2.75, 3.05) is 0 Å². The maximum atomic E-state index is 13.4. The summed E-state index contributed by atoms with van der Waals surface area (Å²) in [4.78, 5) is 28.9. The Morgan fingerprint density at radius 2 is 1.97 bits per heavy atom. The van der Waals surface area contributed by atoms with E-state index >= 15 is 0 Å². The van der Waals surface area contributed by atoms with Crippen molar-refractivity contribution in [2.24, 2.45) is 0 Å². The summed E-state index contributed by atoms with van der Waals surface area (Å²) < 4.78 is 45.5. The van der Waals surface area contributed by atoms with Gasteiger partial charge in [-0.3, -0.25) is 14.2 Å². The van der Waals surface area contributed by atoms with Crippen molar-refractivity contribution in [3.63, 3.8) is 0 Å². The Hall–Kier alpha value is -3.69. The van der Waals surface area contributed by atoms with Gasteiger partial charge in [0.1, 0.15) is 11.6 Å². The fraction of sp³-hybridized carbons (Fsp3) is 0.333. The van der Waals surface area contributed by atoms with Crippen molar-refractivity contribution in [1.29, 1.82) is 0 Å². The molecule has 1 aromatic carbocycles. The highest BCUT2D eigenvalue weighted by Crippen LogP contribution is 2.29. The number of hydrogen-bond acceptors (Lipinski definition) is 5. The predicted octanol–water partition coefficient (Wildman–Crippen LogP) is 3.09. The molecular weight excluding hydrogens is 451 g/mol. The second-order valence-electron chi connectivity index (χ2n) is 8.19. The minimum Gasteiger partial charge on any atom is -0.481 e. The average Bonchev–Trinajstić information content (AvgIpc) is 3.22. The second kappa shape index (κ2) is 9.28. The molecule has 1 unspecified atom stereocenters. The van der Waals surface area contributed by atoms with Crippen molar-refractivity contribution in [3.8, 4) is 5.69 Å². The van der Waals surface area contributed by atoms with Crippen LogP contribution in [-0.4, -0.2) is 25.8 Å². The molecular formula is C24H22F3N3O4. The molecule has 1 atom stereocenters. The van der Waals surface area contributed by atoms with Crippen molar-refractivity contribution < 1.29 is 27.6 Å². The highest BCUT2D eigenvalue weighted by atomic mass is 19.4. The van der Waals surface area contributed by atoms with E-state index in [1.54, 1.807) is 13.0 Å². The Kier molecular flexibility index (Phi) is 6.41. The lowest BCUT2D eigenvalue weighted by molar-refractivity contribution is -0.138. The molecule has 10 heteroatoms. The number of carbonyl (C=O) groups is 1. The minimum absolute atomic E-state index is 0.0249. The molecule has 0 aliphatic heterocycles. The lowest BCUT2D eigenvalue weighted by Crippen LogP contribution is -2.49. The lowest BCUT2D eigenvalue weighted by atomic mass is 9.96. The van der Waals surface area contributed by atoms with Gasteiger partial charge in [-0.05, 0) is 56.5 Å². The summed E-state index contributed by atoms with van der Waals surface area (Å²) >= 11 is 0. The van der Waals surface area contributed by atoms with E-state index in [0.29, 0.717) is 47.8 Å². The monoisotopic (exact) mass is 473 g/mol. The Labute approximate surface area is 191 Å². The number of carboxylic acid groups (broad SMARTS) is 1. The summed E-state index contributed by atoms with van der Waals surface area (Å²) in [6.07, 6.45) is 0.705. The third kappa shape index (κ3) is 4.95. The molecule has 1 N–H and O–H groups in total. The van der Waals surface area contributed by atoms with E-state index in [0.717, 1.165) is 17.8 Å².